The third-order valence-electron chi connectivity index (χ3n) is 4.76. The zero-order chi connectivity index (χ0) is 21.8. The number of carbonyl (C=O) groups is 3. The molecule has 4 rings (SSSR count). The molecule has 3 N–H and O–H groups in total. The number of hydrogen-bond donors (Lipinski definition) is 3. The maximum atomic E-state index is 12.6. The third kappa shape index (κ3) is 4.77. The van der Waals surface area contributed by atoms with Crippen LogP contribution in [0.25, 0.3) is 10.9 Å². The molecule has 2 heterocycles. The van der Waals surface area contributed by atoms with Gasteiger partial charge in [-0.15, -0.1) is 0 Å². The van der Waals surface area contributed by atoms with Gasteiger partial charge in [0.15, 0.2) is 18.1 Å². The largest absolute Gasteiger partial charge is 0.454 e. The Bertz CT molecular complexity index is 1140. The van der Waals surface area contributed by atoms with Crippen molar-refractivity contribution in [3.8, 4) is 11.5 Å². The van der Waals surface area contributed by atoms with Crippen LogP contribution in [0.5, 0.6) is 11.5 Å². The Morgan fingerprint density at radius 2 is 1.94 bits per heavy atom. The highest BCUT2D eigenvalue weighted by molar-refractivity contribution is 5.94. The quantitative estimate of drug-likeness (QED) is 0.501. The van der Waals surface area contributed by atoms with Gasteiger partial charge in [0.1, 0.15) is 6.04 Å². The summed E-state index contributed by atoms with van der Waals surface area (Å²) in [6, 6.07) is 11.7. The monoisotopic (exact) mass is 423 g/mol. The van der Waals surface area contributed by atoms with E-state index in [1.165, 1.54) is 6.92 Å². The number of hydrogen-bond acceptors (Lipinski definition) is 6. The van der Waals surface area contributed by atoms with Crippen molar-refractivity contribution in [1.29, 1.82) is 0 Å². The highest BCUT2D eigenvalue weighted by Crippen LogP contribution is 2.34. The zero-order valence-electron chi connectivity index (χ0n) is 16.8. The van der Waals surface area contributed by atoms with Crippen molar-refractivity contribution in [2.24, 2.45) is 0 Å². The number of nitrogens with one attached hydrogen (secondary N) is 3. The van der Waals surface area contributed by atoms with Gasteiger partial charge < -0.3 is 29.8 Å². The molecule has 0 bridgehead atoms. The Kier molecular flexibility index (Phi) is 5.74. The van der Waals surface area contributed by atoms with E-state index in [2.05, 4.69) is 15.6 Å². The molecule has 0 fully saturated rings. The molecule has 1 unspecified atom stereocenters. The van der Waals surface area contributed by atoms with Crippen LogP contribution in [0.15, 0.2) is 48.7 Å². The van der Waals surface area contributed by atoms with Gasteiger partial charge in [-0.05, 0) is 23.8 Å². The summed E-state index contributed by atoms with van der Waals surface area (Å²) in [5, 5.41) is 6.18. The molecular formula is C22H21N3O6. The lowest BCUT2D eigenvalue weighted by molar-refractivity contribution is -0.150. The number of amides is 2. The molecule has 0 saturated carbocycles. The number of esters is 1. The van der Waals surface area contributed by atoms with Crippen LogP contribution >= 0.6 is 0 Å². The summed E-state index contributed by atoms with van der Waals surface area (Å²) in [4.78, 5) is 39.5. The van der Waals surface area contributed by atoms with Gasteiger partial charge in [0.25, 0.3) is 5.91 Å². The summed E-state index contributed by atoms with van der Waals surface area (Å²) in [6.07, 6.45) is 2.02. The van der Waals surface area contributed by atoms with Crippen LogP contribution in [0.2, 0.25) is 0 Å². The summed E-state index contributed by atoms with van der Waals surface area (Å²) >= 11 is 0. The van der Waals surface area contributed by atoms with Crippen LogP contribution in [0, 0.1) is 0 Å². The highest BCUT2D eigenvalue weighted by Gasteiger charge is 2.24. The van der Waals surface area contributed by atoms with Crippen molar-refractivity contribution >= 4 is 34.4 Å². The summed E-state index contributed by atoms with van der Waals surface area (Å²) < 4.78 is 15.7. The number of benzene rings is 2. The number of aromatic nitrogens is 1. The minimum atomic E-state index is -0.921. The fraction of sp³-hybridized carbons (Fsp3) is 0.227. The smallest absolute Gasteiger partial charge is 0.329 e. The van der Waals surface area contributed by atoms with Crippen LogP contribution in [-0.4, -0.2) is 42.2 Å². The molecule has 1 aliphatic heterocycles. The first-order valence-electron chi connectivity index (χ1n) is 9.68. The first-order valence-corrected chi connectivity index (χ1v) is 9.68. The molecule has 1 aliphatic rings. The van der Waals surface area contributed by atoms with Gasteiger partial charge in [-0.2, -0.15) is 0 Å². The number of H-pyrrole nitrogens is 1. The van der Waals surface area contributed by atoms with E-state index in [-0.39, 0.29) is 19.1 Å². The number of anilines is 1. The molecule has 0 radical (unpaired) electrons. The van der Waals surface area contributed by atoms with Crippen LogP contribution < -0.4 is 20.1 Å². The van der Waals surface area contributed by atoms with Crippen molar-refractivity contribution in [1.82, 2.24) is 10.3 Å². The lowest BCUT2D eigenvalue weighted by atomic mass is 10.0. The molecule has 31 heavy (non-hydrogen) atoms. The number of fused-ring (bicyclic) bond motifs is 2. The van der Waals surface area contributed by atoms with Crippen molar-refractivity contribution in [3.63, 3.8) is 0 Å². The molecule has 0 saturated heterocycles. The van der Waals surface area contributed by atoms with E-state index >= 15 is 0 Å². The molecule has 0 aliphatic carbocycles. The average molecular weight is 423 g/mol. The van der Waals surface area contributed by atoms with Gasteiger partial charge in [-0.1, -0.05) is 18.2 Å². The molecular weight excluding hydrogens is 402 g/mol. The predicted molar refractivity (Wildman–Crippen MR) is 112 cm³/mol. The van der Waals surface area contributed by atoms with Crippen LogP contribution in [0.4, 0.5) is 5.69 Å². The Hall–Kier alpha value is -4.01. The lowest BCUT2D eigenvalue weighted by Crippen LogP contribution is -2.43. The first kappa shape index (κ1) is 20.3. The second-order valence-electron chi connectivity index (χ2n) is 7.04. The zero-order valence-corrected chi connectivity index (χ0v) is 16.8. The standard InChI is InChI=1S/C22H21N3O6/c1-13(26)24-18(8-14-10-23-17-5-3-2-4-16(14)17)22(28)29-11-21(27)25-15-6-7-19-20(9-15)31-12-30-19/h2-7,9-10,18,23H,8,11-12H2,1H3,(H,24,26)(H,25,27). The lowest BCUT2D eigenvalue weighted by Gasteiger charge is -2.16. The van der Waals surface area contributed by atoms with Crippen molar-refractivity contribution in [2.45, 2.75) is 19.4 Å². The molecule has 9 heteroatoms. The summed E-state index contributed by atoms with van der Waals surface area (Å²) in [7, 11) is 0. The normalized spacial score (nSPS) is 12.9. The Morgan fingerprint density at radius 3 is 2.77 bits per heavy atom. The van der Waals surface area contributed by atoms with E-state index in [0.29, 0.717) is 17.2 Å². The highest BCUT2D eigenvalue weighted by atomic mass is 16.7. The second-order valence-corrected chi connectivity index (χ2v) is 7.04. The molecule has 2 amide bonds. The third-order valence-corrected chi connectivity index (χ3v) is 4.76. The summed E-state index contributed by atoms with van der Waals surface area (Å²) in [5.41, 5.74) is 2.27. The molecule has 160 valence electrons. The second kappa shape index (κ2) is 8.78. The van der Waals surface area contributed by atoms with E-state index in [1.807, 2.05) is 24.3 Å². The maximum Gasteiger partial charge on any atom is 0.329 e. The van der Waals surface area contributed by atoms with Crippen LogP contribution in [0.3, 0.4) is 0 Å². The summed E-state index contributed by atoms with van der Waals surface area (Å²) in [6.45, 7) is 0.963. The van der Waals surface area contributed by atoms with E-state index < -0.39 is 24.5 Å². The molecule has 0 spiro atoms. The van der Waals surface area contributed by atoms with Crippen molar-refractivity contribution in [2.75, 3.05) is 18.7 Å². The predicted octanol–water partition coefficient (Wildman–Crippen LogP) is 2.13. The molecule has 1 aromatic heterocycles. The van der Waals surface area contributed by atoms with Gasteiger partial charge >= 0.3 is 5.97 Å². The number of para-hydroxylation sites is 1. The first-order chi connectivity index (χ1) is 15.0. The Balaban J connectivity index is 1.37. The SMILES string of the molecule is CC(=O)NC(Cc1c[nH]c2ccccc12)C(=O)OCC(=O)Nc1ccc2c(c1)OCO2. The van der Waals surface area contributed by atoms with Gasteiger partial charge in [-0.25, -0.2) is 4.79 Å². The molecule has 3 aromatic rings. The minimum absolute atomic E-state index is 0.130. The topological polar surface area (TPSA) is 119 Å². The van der Waals surface area contributed by atoms with Gasteiger partial charge in [0.05, 0.1) is 0 Å². The van der Waals surface area contributed by atoms with Gasteiger partial charge in [0, 0.05) is 42.2 Å². The minimum Gasteiger partial charge on any atom is -0.454 e. The van der Waals surface area contributed by atoms with Gasteiger partial charge in [0.2, 0.25) is 12.7 Å². The van der Waals surface area contributed by atoms with E-state index in [9.17, 15) is 14.4 Å². The van der Waals surface area contributed by atoms with E-state index in [1.54, 1.807) is 24.4 Å². The van der Waals surface area contributed by atoms with Crippen LogP contribution in [0.1, 0.15) is 12.5 Å². The number of aromatic amines is 1. The Labute approximate surface area is 177 Å². The van der Waals surface area contributed by atoms with E-state index in [4.69, 9.17) is 14.2 Å². The van der Waals surface area contributed by atoms with E-state index in [0.717, 1.165) is 16.5 Å². The molecule has 9 nitrogen and oxygen atoms in total. The van der Waals surface area contributed by atoms with Crippen molar-refractivity contribution in [3.05, 3.63) is 54.2 Å². The molecule has 1 atom stereocenters. The number of rotatable bonds is 7. The Morgan fingerprint density at radius 1 is 1.13 bits per heavy atom. The summed E-state index contributed by atoms with van der Waals surface area (Å²) in [5.74, 6) is -0.451. The maximum absolute atomic E-state index is 12.6. The van der Waals surface area contributed by atoms with Crippen molar-refractivity contribution < 1.29 is 28.6 Å². The average Bonchev–Trinajstić information content (AvgIpc) is 3.38. The fourth-order valence-electron chi connectivity index (χ4n) is 3.37. The number of ether oxygens (including phenoxy) is 3. The number of carbonyl (C=O) groups excluding carboxylic acids is 3. The van der Waals surface area contributed by atoms with Crippen LogP contribution in [-0.2, 0) is 25.5 Å². The fourth-order valence-corrected chi connectivity index (χ4v) is 3.37. The van der Waals surface area contributed by atoms with Gasteiger partial charge in [-0.3, -0.25) is 9.59 Å². The molecule has 2 aromatic carbocycles.